The molecule has 0 unspecified atom stereocenters. The van der Waals surface area contributed by atoms with Gasteiger partial charge in [0.15, 0.2) is 0 Å². The lowest BCUT2D eigenvalue weighted by Gasteiger charge is -2.09. The highest BCUT2D eigenvalue weighted by Crippen LogP contribution is 2.20. The zero-order chi connectivity index (χ0) is 13.2. The Bertz CT molecular complexity index is 578. The SMILES string of the molecule is Fc1ccc(Cn2nccc2CNC2CC2)cc1Br. The van der Waals surface area contributed by atoms with Gasteiger partial charge in [0.25, 0.3) is 0 Å². The zero-order valence-corrected chi connectivity index (χ0v) is 12.0. The first-order valence-electron chi connectivity index (χ1n) is 6.40. The van der Waals surface area contributed by atoms with Gasteiger partial charge in [0.05, 0.1) is 16.7 Å². The van der Waals surface area contributed by atoms with Crippen molar-refractivity contribution in [1.29, 1.82) is 0 Å². The van der Waals surface area contributed by atoms with E-state index in [0.717, 1.165) is 17.8 Å². The maximum atomic E-state index is 13.2. The topological polar surface area (TPSA) is 29.9 Å². The van der Waals surface area contributed by atoms with E-state index in [1.165, 1.54) is 18.9 Å². The summed E-state index contributed by atoms with van der Waals surface area (Å²) in [6, 6.07) is 7.77. The zero-order valence-electron chi connectivity index (χ0n) is 10.4. The lowest BCUT2D eigenvalue weighted by atomic mass is 10.2. The van der Waals surface area contributed by atoms with Crippen LogP contribution in [0.4, 0.5) is 4.39 Å². The molecule has 0 atom stereocenters. The Hall–Kier alpha value is -1.20. The van der Waals surface area contributed by atoms with E-state index in [-0.39, 0.29) is 5.82 Å². The Morgan fingerprint density at radius 2 is 2.21 bits per heavy atom. The average molecular weight is 324 g/mol. The number of benzene rings is 1. The summed E-state index contributed by atoms with van der Waals surface area (Å²) in [5, 5.41) is 7.81. The van der Waals surface area contributed by atoms with E-state index in [2.05, 4.69) is 26.3 Å². The molecule has 1 fully saturated rings. The summed E-state index contributed by atoms with van der Waals surface area (Å²) in [7, 11) is 0. The Kier molecular flexibility index (Phi) is 3.66. The number of nitrogens with zero attached hydrogens (tertiary/aromatic N) is 2. The van der Waals surface area contributed by atoms with Crippen molar-refractivity contribution in [2.45, 2.75) is 32.0 Å². The first-order valence-corrected chi connectivity index (χ1v) is 7.19. The van der Waals surface area contributed by atoms with E-state index < -0.39 is 0 Å². The third-order valence-electron chi connectivity index (χ3n) is 3.27. The molecular formula is C14H15BrFN3. The standard InChI is InChI=1S/C14H15BrFN3/c15-13-7-10(1-4-14(13)16)9-19-12(5-6-18-19)8-17-11-2-3-11/h1,4-7,11,17H,2-3,8-9H2. The third-order valence-corrected chi connectivity index (χ3v) is 3.88. The van der Waals surface area contributed by atoms with Crippen molar-refractivity contribution in [3.8, 4) is 0 Å². The molecule has 19 heavy (non-hydrogen) atoms. The highest BCUT2D eigenvalue weighted by molar-refractivity contribution is 9.10. The second kappa shape index (κ2) is 5.43. The van der Waals surface area contributed by atoms with Crippen molar-refractivity contribution in [1.82, 2.24) is 15.1 Å². The summed E-state index contributed by atoms with van der Waals surface area (Å²) < 4.78 is 15.6. The molecule has 0 bridgehead atoms. The van der Waals surface area contributed by atoms with Gasteiger partial charge in [-0.25, -0.2) is 4.39 Å². The number of hydrogen-bond donors (Lipinski definition) is 1. The van der Waals surface area contributed by atoms with Gasteiger partial charge >= 0.3 is 0 Å². The van der Waals surface area contributed by atoms with Gasteiger partial charge in [-0.2, -0.15) is 5.10 Å². The highest BCUT2D eigenvalue weighted by atomic mass is 79.9. The molecule has 3 rings (SSSR count). The number of halogens is 2. The molecule has 0 radical (unpaired) electrons. The van der Waals surface area contributed by atoms with Crippen LogP contribution in [0.25, 0.3) is 0 Å². The van der Waals surface area contributed by atoms with Gasteiger partial charge in [-0.15, -0.1) is 0 Å². The quantitative estimate of drug-likeness (QED) is 0.916. The molecule has 0 spiro atoms. The van der Waals surface area contributed by atoms with Gasteiger partial charge in [0.2, 0.25) is 0 Å². The Morgan fingerprint density at radius 3 is 2.95 bits per heavy atom. The van der Waals surface area contributed by atoms with Crippen LogP contribution in [-0.4, -0.2) is 15.8 Å². The van der Waals surface area contributed by atoms with Gasteiger partial charge in [-0.1, -0.05) is 6.07 Å². The molecule has 2 aromatic rings. The van der Waals surface area contributed by atoms with Crippen LogP contribution in [0.2, 0.25) is 0 Å². The summed E-state index contributed by atoms with van der Waals surface area (Å²) in [4.78, 5) is 0. The predicted octanol–water partition coefficient (Wildman–Crippen LogP) is 3.09. The van der Waals surface area contributed by atoms with Gasteiger partial charge in [-0.05, 0) is 52.5 Å². The van der Waals surface area contributed by atoms with Gasteiger partial charge in [0, 0.05) is 18.8 Å². The fraction of sp³-hybridized carbons (Fsp3) is 0.357. The van der Waals surface area contributed by atoms with Crippen LogP contribution in [0.1, 0.15) is 24.1 Å². The molecule has 1 aromatic carbocycles. The molecule has 1 saturated carbocycles. The van der Waals surface area contributed by atoms with Crippen LogP contribution in [0.3, 0.4) is 0 Å². The fourth-order valence-electron chi connectivity index (χ4n) is 2.00. The third kappa shape index (κ3) is 3.22. The van der Waals surface area contributed by atoms with Gasteiger partial charge in [-0.3, -0.25) is 4.68 Å². The second-order valence-electron chi connectivity index (χ2n) is 4.88. The van der Waals surface area contributed by atoms with E-state index in [0.29, 0.717) is 17.1 Å². The molecular weight excluding hydrogens is 309 g/mol. The highest BCUT2D eigenvalue weighted by Gasteiger charge is 2.20. The molecule has 3 nitrogen and oxygen atoms in total. The number of rotatable bonds is 5. The van der Waals surface area contributed by atoms with Crippen LogP contribution < -0.4 is 5.32 Å². The predicted molar refractivity (Wildman–Crippen MR) is 75.3 cm³/mol. The molecule has 1 heterocycles. The van der Waals surface area contributed by atoms with Gasteiger partial charge < -0.3 is 5.32 Å². The van der Waals surface area contributed by atoms with Crippen molar-refractivity contribution >= 4 is 15.9 Å². The number of aromatic nitrogens is 2. The summed E-state index contributed by atoms with van der Waals surface area (Å²) in [5.74, 6) is -0.236. The van der Waals surface area contributed by atoms with Crippen molar-refractivity contribution in [2.75, 3.05) is 0 Å². The molecule has 1 N–H and O–H groups in total. The Morgan fingerprint density at radius 1 is 1.37 bits per heavy atom. The smallest absolute Gasteiger partial charge is 0.137 e. The van der Waals surface area contributed by atoms with Crippen LogP contribution in [0, 0.1) is 5.82 Å². The van der Waals surface area contributed by atoms with Crippen LogP contribution in [-0.2, 0) is 13.1 Å². The number of nitrogens with one attached hydrogen (secondary N) is 1. The van der Waals surface area contributed by atoms with E-state index >= 15 is 0 Å². The van der Waals surface area contributed by atoms with Crippen molar-refractivity contribution in [3.05, 3.63) is 52.0 Å². The molecule has 100 valence electrons. The largest absolute Gasteiger partial charge is 0.308 e. The summed E-state index contributed by atoms with van der Waals surface area (Å²) in [6.45, 7) is 1.50. The van der Waals surface area contributed by atoms with Crippen LogP contribution >= 0.6 is 15.9 Å². The molecule has 0 aliphatic heterocycles. The van der Waals surface area contributed by atoms with E-state index in [9.17, 15) is 4.39 Å². The van der Waals surface area contributed by atoms with Gasteiger partial charge in [0.1, 0.15) is 5.82 Å². The fourth-order valence-corrected chi connectivity index (χ4v) is 2.43. The van der Waals surface area contributed by atoms with Crippen molar-refractivity contribution < 1.29 is 4.39 Å². The Balaban J connectivity index is 1.71. The summed E-state index contributed by atoms with van der Waals surface area (Å²) >= 11 is 3.21. The second-order valence-corrected chi connectivity index (χ2v) is 5.74. The van der Waals surface area contributed by atoms with Crippen LogP contribution in [0.15, 0.2) is 34.9 Å². The molecule has 1 aliphatic carbocycles. The molecule has 1 aromatic heterocycles. The number of hydrogen-bond acceptors (Lipinski definition) is 2. The average Bonchev–Trinajstić information content (AvgIpc) is 3.12. The summed E-state index contributed by atoms with van der Waals surface area (Å²) in [5.41, 5.74) is 2.19. The molecule has 0 saturated heterocycles. The Labute approximate surface area is 119 Å². The lowest BCUT2D eigenvalue weighted by molar-refractivity contribution is 0.590. The lowest BCUT2D eigenvalue weighted by Crippen LogP contribution is -2.18. The first-order chi connectivity index (χ1) is 9.22. The van der Waals surface area contributed by atoms with E-state index in [1.54, 1.807) is 12.1 Å². The minimum absolute atomic E-state index is 0.236. The first kappa shape index (κ1) is 12.8. The molecule has 5 heteroatoms. The molecule has 1 aliphatic rings. The minimum atomic E-state index is -0.236. The monoisotopic (exact) mass is 323 g/mol. The van der Waals surface area contributed by atoms with Crippen molar-refractivity contribution in [2.24, 2.45) is 0 Å². The van der Waals surface area contributed by atoms with E-state index in [1.807, 2.05) is 16.9 Å². The molecule has 0 amide bonds. The maximum Gasteiger partial charge on any atom is 0.137 e. The summed E-state index contributed by atoms with van der Waals surface area (Å²) in [6.07, 6.45) is 4.36. The van der Waals surface area contributed by atoms with Crippen molar-refractivity contribution in [3.63, 3.8) is 0 Å². The maximum absolute atomic E-state index is 13.2. The minimum Gasteiger partial charge on any atom is -0.308 e. The normalized spacial score (nSPS) is 14.8. The van der Waals surface area contributed by atoms with E-state index in [4.69, 9.17) is 0 Å². The van der Waals surface area contributed by atoms with Crippen LogP contribution in [0.5, 0.6) is 0 Å².